The Kier molecular flexibility index (Phi) is 5.32. The van der Waals surface area contributed by atoms with E-state index in [0.717, 1.165) is 23.6 Å². The van der Waals surface area contributed by atoms with Crippen LogP contribution in [-0.2, 0) is 0 Å². The SMILES string of the molecule is CC[C@]1(F)CCCC(N)C[C@@H]1Oc1ccc(-c2cc3ccncc3cc2O)nn1. The van der Waals surface area contributed by atoms with Crippen molar-refractivity contribution in [1.82, 2.24) is 15.2 Å². The largest absolute Gasteiger partial charge is 0.507 e. The van der Waals surface area contributed by atoms with E-state index in [2.05, 4.69) is 15.2 Å². The summed E-state index contributed by atoms with van der Waals surface area (Å²) in [5.74, 6) is 0.352. The second-order valence-corrected chi connectivity index (χ2v) is 7.73. The second-order valence-electron chi connectivity index (χ2n) is 7.73. The molecule has 2 heterocycles. The average Bonchev–Trinajstić information content (AvgIpc) is 2.86. The molecule has 0 bridgehead atoms. The highest BCUT2D eigenvalue weighted by Crippen LogP contribution is 2.36. The molecule has 29 heavy (non-hydrogen) atoms. The van der Waals surface area contributed by atoms with E-state index in [9.17, 15) is 5.11 Å². The van der Waals surface area contributed by atoms with Crippen LogP contribution in [0.1, 0.15) is 39.0 Å². The molecule has 1 aliphatic rings. The lowest BCUT2D eigenvalue weighted by molar-refractivity contribution is -0.00460. The molecule has 6 nitrogen and oxygen atoms in total. The van der Waals surface area contributed by atoms with E-state index < -0.39 is 11.8 Å². The van der Waals surface area contributed by atoms with Crippen molar-refractivity contribution in [3.05, 3.63) is 42.7 Å². The molecule has 0 saturated heterocycles. The van der Waals surface area contributed by atoms with Crippen LogP contribution in [0.15, 0.2) is 42.7 Å². The average molecular weight is 396 g/mol. The zero-order valence-corrected chi connectivity index (χ0v) is 16.4. The molecular weight excluding hydrogens is 371 g/mol. The van der Waals surface area contributed by atoms with Gasteiger partial charge in [0.05, 0.1) is 5.69 Å². The monoisotopic (exact) mass is 396 g/mol. The zero-order valence-electron chi connectivity index (χ0n) is 16.4. The van der Waals surface area contributed by atoms with Crippen molar-refractivity contribution in [3.63, 3.8) is 0 Å². The van der Waals surface area contributed by atoms with Gasteiger partial charge in [-0.1, -0.05) is 6.92 Å². The van der Waals surface area contributed by atoms with Crippen LogP contribution in [0, 0.1) is 0 Å². The molecule has 0 amide bonds. The number of fused-ring (bicyclic) bond motifs is 1. The van der Waals surface area contributed by atoms with Gasteiger partial charge in [0.2, 0.25) is 5.88 Å². The lowest BCUT2D eigenvalue weighted by atomic mass is 9.90. The van der Waals surface area contributed by atoms with Crippen LogP contribution in [0.3, 0.4) is 0 Å². The van der Waals surface area contributed by atoms with E-state index in [4.69, 9.17) is 10.5 Å². The number of pyridine rings is 1. The van der Waals surface area contributed by atoms with Gasteiger partial charge in [0.25, 0.3) is 0 Å². The molecule has 3 atom stereocenters. The fourth-order valence-corrected chi connectivity index (χ4v) is 3.98. The molecule has 0 radical (unpaired) electrons. The number of nitrogens with two attached hydrogens (primary N) is 1. The molecule has 1 aromatic carbocycles. The summed E-state index contributed by atoms with van der Waals surface area (Å²) < 4.78 is 21.3. The van der Waals surface area contributed by atoms with Crippen LogP contribution >= 0.6 is 0 Å². The molecule has 4 rings (SSSR count). The first-order chi connectivity index (χ1) is 14.0. The minimum Gasteiger partial charge on any atom is -0.507 e. The van der Waals surface area contributed by atoms with Crippen molar-refractivity contribution >= 4 is 10.8 Å². The molecule has 1 saturated carbocycles. The van der Waals surface area contributed by atoms with Gasteiger partial charge in [0.1, 0.15) is 17.5 Å². The number of halogens is 1. The van der Waals surface area contributed by atoms with Gasteiger partial charge < -0.3 is 15.6 Å². The molecule has 1 fully saturated rings. The van der Waals surface area contributed by atoms with Crippen LogP contribution in [0.5, 0.6) is 11.6 Å². The van der Waals surface area contributed by atoms with E-state index in [1.54, 1.807) is 30.6 Å². The normalized spacial score (nSPS) is 24.9. The van der Waals surface area contributed by atoms with Gasteiger partial charge in [0, 0.05) is 41.9 Å². The van der Waals surface area contributed by atoms with Crippen molar-refractivity contribution in [2.45, 2.75) is 56.8 Å². The molecule has 0 aliphatic heterocycles. The topological polar surface area (TPSA) is 94.2 Å². The summed E-state index contributed by atoms with van der Waals surface area (Å²) in [5.41, 5.74) is 5.75. The van der Waals surface area contributed by atoms with Crippen molar-refractivity contribution < 1.29 is 14.2 Å². The summed E-state index contributed by atoms with van der Waals surface area (Å²) in [6.07, 6.45) is 5.55. The standard InChI is InChI=1S/C22H25FN4O2/c1-2-22(23)8-3-4-16(24)12-20(22)29-21-6-5-18(26-27-21)17-10-14-7-9-25-13-15(14)11-19(17)28/h5-7,9-11,13,16,20,28H,2-4,8,12,24H2,1H3/t16?,20-,22-/m0/s1. The fourth-order valence-electron chi connectivity index (χ4n) is 3.98. The van der Waals surface area contributed by atoms with Gasteiger partial charge in [0.15, 0.2) is 0 Å². The third kappa shape index (κ3) is 4.00. The first kappa shape index (κ1) is 19.5. The van der Waals surface area contributed by atoms with Gasteiger partial charge in [-0.25, -0.2) is 4.39 Å². The highest BCUT2D eigenvalue weighted by Gasteiger charge is 2.42. The van der Waals surface area contributed by atoms with E-state index in [-0.39, 0.29) is 17.7 Å². The Morgan fingerprint density at radius 1 is 1.24 bits per heavy atom. The Morgan fingerprint density at radius 3 is 2.86 bits per heavy atom. The number of nitrogens with zero attached hydrogens (tertiary/aromatic N) is 3. The maximum atomic E-state index is 15.4. The van der Waals surface area contributed by atoms with Crippen LogP contribution in [0.2, 0.25) is 0 Å². The fraction of sp³-hybridized carbons (Fsp3) is 0.409. The Balaban J connectivity index is 1.58. The number of aromatic hydroxyl groups is 1. The maximum Gasteiger partial charge on any atom is 0.233 e. The van der Waals surface area contributed by atoms with Crippen LogP contribution < -0.4 is 10.5 Å². The number of ether oxygens (including phenoxy) is 1. The molecule has 7 heteroatoms. The third-order valence-corrected chi connectivity index (χ3v) is 5.78. The number of aromatic nitrogens is 3. The van der Waals surface area contributed by atoms with Gasteiger partial charge >= 0.3 is 0 Å². The smallest absolute Gasteiger partial charge is 0.233 e. The van der Waals surface area contributed by atoms with E-state index in [1.807, 2.05) is 19.1 Å². The molecule has 1 unspecified atom stereocenters. The lowest BCUT2D eigenvalue weighted by Gasteiger charge is -2.31. The van der Waals surface area contributed by atoms with E-state index in [1.165, 1.54) is 0 Å². The summed E-state index contributed by atoms with van der Waals surface area (Å²) in [6.45, 7) is 1.83. The summed E-state index contributed by atoms with van der Waals surface area (Å²) in [6, 6.07) is 8.64. The van der Waals surface area contributed by atoms with Gasteiger partial charge in [-0.05, 0) is 55.3 Å². The Bertz CT molecular complexity index is 998. The number of hydrogen-bond donors (Lipinski definition) is 2. The van der Waals surface area contributed by atoms with Crippen molar-refractivity contribution in [1.29, 1.82) is 0 Å². The molecule has 0 spiro atoms. The summed E-state index contributed by atoms with van der Waals surface area (Å²) in [5, 5.41) is 20.5. The minimum atomic E-state index is -1.42. The highest BCUT2D eigenvalue weighted by atomic mass is 19.1. The van der Waals surface area contributed by atoms with Gasteiger partial charge in [-0.2, -0.15) is 0 Å². The number of benzene rings is 1. The van der Waals surface area contributed by atoms with Crippen LogP contribution in [0.25, 0.3) is 22.0 Å². The first-order valence-corrected chi connectivity index (χ1v) is 10.0. The Morgan fingerprint density at radius 2 is 2.10 bits per heavy atom. The van der Waals surface area contributed by atoms with Crippen LogP contribution in [0.4, 0.5) is 4.39 Å². The summed E-state index contributed by atoms with van der Waals surface area (Å²) >= 11 is 0. The third-order valence-electron chi connectivity index (χ3n) is 5.78. The quantitative estimate of drug-likeness (QED) is 0.643. The van der Waals surface area contributed by atoms with Crippen LogP contribution in [-0.4, -0.2) is 38.1 Å². The Hall–Kier alpha value is -2.80. The number of phenolic OH excluding ortho intramolecular Hbond substituents is 1. The molecule has 1 aliphatic carbocycles. The lowest BCUT2D eigenvalue weighted by Crippen LogP contribution is -2.43. The number of phenols is 1. The van der Waals surface area contributed by atoms with Crippen molar-refractivity contribution in [2.75, 3.05) is 0 Å². The van der Waals surface area contributed by atoms with E-state index >= 15 is 4.39 Å². The molecule has 152 valence electrons. The highest BCUT2D eigenvalue weighted by molar-refractivity contribution is 5.89. The second kappa shape index (κ2) is 7.91. The van der Waals surface area contributed by atoms with E-state index in [0.29, 0.717) is 30.5 Å². The summed E-state index contributed by atoms with van der Waals surface area (Å²) in [4.78, 5) is 4.06. The zero-order chi connectivity index (χ0) is 20.4. The molecule has 3 aromatic rings. The van der Waals surface area contributed by atoms with Crippen molar-refractivity contribution in [3.8, 4) is 22.9 Å². The number of rotatable bonds is 4. The first-order valence-electron chi connectivity index (χ1n) is 10.0. The number of hydrogen-bond acceptors (Lipinski definition) is 6. The minimum absolute atomic E-state index is 0.0829. The Labute approximate surface area is 168 Å². The molecular formula is C22H25FN4O2. The summed E-state index contributed by atoms with van der Waals surface area (Å²) in [7, 11) is 0. The maximum absolute atomic E-state index is 15.4. The predicted molar refractivity (Wildman–Crippen MR) is 109 cm³/mol. The number of alkyl halides is 1. The van der Waals surface area contributed by atoms with Gasteiger partial charge in [-0.15, -0.1) is 10.2 Å². The van der Waals surface area contributed by atoms with Gasteiger partial charge in [-0.3, -0.25) is 4.98 Å². The molecule has 2 aromatic heterocycles. The molecule has 3 N–H and O–H groups in total. The van der Waals surface area contributed by atoms with Crippen molar-refractivity contribution in [2.24, 2.45) is 5.73 Å². The predicted octanol–water partition coefficient (Wildman–Crippen LogP) is 4.16.